The Hall–Kier alpha value is -4.26. The van der Waals surface area contributed by atoms with Gasteiger partial charge in [0.2, 0.25) is 11.8 Å². The van der Waals surface area contributed by atoms with Crippen LogP contribution in [0, 0.1) is 0 Å². The van der Waals surface area contributed by atoms with Crippen molar-refractivity contribution in [2.24, 2.45) is 0 Å². The van der Waals surface area contributed by atoms with E-state index in [0.29, 0.717) is 22.4 Å². The van der Waals surface area contributed by atoms with Crippen molar-refractivity contribution in [3.05, 3.63) is 64.7 Å². The van der Waals surface area contributed by atoms with E-state index < -0.39 is 24.1 Å². The number of carboxylic acid groups (broad SMARTS) is 1. The van der Waals surface area contributed by atoms with Crippen molar-refractivity contribution in [3.63, 3.8) is 0 Å². The number of nitrogens with zero attached hydrogens (tertiary/aromatic N) is 1. The molecule has 2 aliphatic rings. The number of benzene rings is 2. The number of aliphatic carboxylic acids is 1. The zero-order chi connectivity index (χ0) is 27.3. The van der Waals surface area contributed by atoms with Gasteiger partial charge in [0.15, 0.2) is 0 Å². The topological polar surface area (TPSA) is 145 Å². The summed E-state index contributed by atoms with van der Waals surface area (Å²) in [6.07, 6.45) is -4.61. The molecule has 0 saturated carbocycles. The number of amides is 4. The number of carbonyl (C=O) groups is 5. The average Bonchev–Trinajstić information content (AvgIpc) is 3.16. The Labute approximate surface area is 208 Å². The molecule has 2 aromatic rings. The Morgan fingerprint density at radius 2 is 1.76 bits per heavy atom. The van der Waals surface area contributed by atoms with Crippen LogP contribution in [0.15, 0.2) is 42.5 Å². The minimum Gasteiger partial charge on any atom is -0.475 e. The molecule has 0 spiro atoms. The minimum absolute atomic E-state index is 0.158. The van der Waals surface area contributed by atoms with Gasteiger partial charge in [-0.05, 0) is 48.9 Å². The third-order valence-corrected chi connectivity index (χ3v) is 5.66. The van der Waals surface area contributed by atoms with Gasteiger partial charge in [-0.3, -0.25) is 24.5 Å². The van der Waals surface area contributed by atoms with Crippen molar-refractivity contribution in [1.82, 2.24) is 15.5 Å². The summed E-state index contributed by atoms with van der Waals surface area (Å²) in [6, 6.07) is 11.8. The van der Waals surface area contributed by atoms with Crippen LogP contribution >= 0.6 is 0 Å². The summed E-state index contributed by atoms with van der Waals surface area (Å²) in [5.74, 6) is -4.18. The fourth-order valence-electron chi connectivity index (χ4n) is 3.91. The number of hydrogen-bond donors (Lipinski definition) is 4. The maximum absolute atomic E-state index is 12.9. The van der Waals surface area contributed by atoms with Gasteiger partial charge in [-0.25, -0.2) is 4.79 Å². The number of carbonyl (C=O) groups excluding carboxylic acids is 4. The molecule has 2 aromatic carbocycles. The summed E-state index contributed by atoms with van der Waals surface area (Å²) in [6.45, 7) is 0.893. The lowest BCUT2D eigenvalue weighted by atomic mass is 10.0. The molecule has 0 bridgehead atoms. The average molecular weight is 520 g/mol. The van der Waals surface area contributed by atoms with Gasteiger partial charge in [-0.2, -0.15) is 13.2 Å². The Morgan fingerprint density at radius 1 is 1.11 bits per heavy atom. The first-order valence-corrected chi connectivity index (χ1v) is 11.0. The van der Waals surface area contributed by atoms with E-state index in [0.717, 1.165) is 12.1 Å². The van der Waals surface area contributed by atoms with Crippen LogP contribution in [0.4, 0.5) is 18.9 Å². The number of fused-ring (bicyclic) bond motifs is 1. The van der Waals surface area contributed by atoms with Crippen molar-refractivity contribution < 1.29 is 42.3 Å². The van der Waals surface area contributed by atoms with Crippen molar-refractivity contribution >= 4 is 35.3 Å². The predicted molar refractivity (Wildman–Crippen MR) is 123 cm³/mol. The second-order valence-corrected chi connectivity index (χ2v) is 8.22. The zero-order valence-electron chi connectivity index (χ0n) is 19.5. The summed E-state index contributed by atoms with van der Waals surface area (Å²) in [5.41, 5.74) is 3.16. The number of anilines is 1. The first-order valence-electron chi connectivity index (χ1n) is 11.0. The Kier molecular flexibility index (Phi) is 8.28. The van der Waals surface area contributed by atoms with E-state index >= 15 is 0 Å². The van der Waals surface area contributed by atoms with E-state index in [2.05, 4.69) is 16.0 Å². The quantitative estimate of drug-likeness (QED) is 0.442. The van der Waals surface area contributed by atoms with Crippen LogP contribution in [-0.4, -0.2) is 58.9 Å². The normalized spacial score (nSPS) is 16.9. The lowest BCUT2D eigenvalue weighted by Crippen LogP contribution is -2.52. The van der Waals surface area contributed by atoms with E-state index in [4.69, 9.17) is 9.90 Å². The molecular formula is C24H23F3N4O6. The van der Waals surface area contributed by atoms with Crippen LogP contribution in [0.5, 0.6) is 0 Å². The van der Waals surface area contributed by atoms with Crippen LogP contribution in [0.3, 0.4) is 0 Å². The van der Waals surface area contributed by atoms with Crippen molar-refractivity contribution in [2.75, 3.05) is 12.4 Å². The molecule has 10 nitrogen and oxygen atoms in total. The summed E-state index contributed by atoms with van der Waals surface area (Å²) >= 11 is 0. The van der Waals surface area contributed by atoms with Gasteiger partial charge in [0.25, 0.3) is 11.8 Å². The first kappa shape index (κ1) is 27.3. The van der Waals surface area contributed by atoms with E-state index in [9.17, 15) is 32.3 Å². The molecular weight excluding hydrogens is 497 g/mol. The molecule has 0 aliphatic carbocycles. The summed E-state index contributed by atoms with van der Waals surface area (Å²) in [4.78, 5) is 59.7. The number of halogens is 3. The number of carboxylic acids is 1. The van der Waals surface area contributed by atoms with Crippen LogP contribution in [-0.2, 0) is 27.5 Å². The third-order valence-electron chi connectivity index (χ3n) is 5.66. The molecule has 1 unspecified atom stereocenters. The molecule has 4 rings (SSSR count). The second kappa shape index (κ2) is 11.2. The summed E-state index contributed by atoms with van der Waals surface area (Å²) < 4.78 is 31.7. The number of piperidine rings is 1. The Morgan fingerprint density at radius 3 is 2.32 bits per heavy atom. The Bertz CT molecular complexity index is 1230. The molecule has 2 heterocycles. The number of rotatable bonds is 5. The van der Waals surface area contributed by atoms with Crippen molar-refractivity contribution in [3.8, 4) is 0 Å². The zero-order valence-corrected chi connectivity index (χ0v) is 19.5. The molecule has 1 fully saturated rings. The van der Waals surface area contributed by atoms with Crippen LogP contribution in [0.25, 0.3) is 0 Å². The lowest BCUT2D eigenvalue weighted by Gasteiger charge is -2.29. The molecule has 37 heavy (non-hydrogen) atoms. The monoisotopic (exact) mass is 520 g/mol. The van der Waals surface area contributed by atoms with Gasteiger partial charge in [0.1, 0.15) is 6.04 Å². The Balaban J connectivity index is 0.000000479. The van der Waals surface area contributed by atoms with Gasteiger partial charge in [-0.1, -0.05) is 18.2 Å². The third kappa shape index (κ3) is 6.50. The molecule has 13 heteroatoms. The van der Waals surface area contributed by atoms with Crippen molar-refractivity contribution in [2.45, 2.75) is 38.1 Å². The highest BCUT2D eigenvalue weighted by molar-refractivity contribution is 6.10. The SMILES string of the molecule is CNCc1ccc(NC(=O)c2cccc3c2CN(C2CCC(=O)NC2=O)C3=O)cc1.O=C(O)C(F)(F)F. The van der Waals surface area contributed by atoms with Gasteiger partial charge in [-0.15, -0.1) is 0 Å². The summed E-state index contributed by atoms with van der Waals surface area (Å²) in [5, 5.41) is 15.3. The van der Waals surface area contributed by atoms with E-state index in [1.165, 1.54) is 4.90 Å². The van der Waals surface area contributed by atoms with E-state index in [-0.39, 0.29) is 37.1 Å². The highest BCUT2D eigenvalue weighted by Crippen LogP contribution is 2.30. The maximum atomic E-state index is 12.9. The molecule has 0 aromatic heterocycles. The van der Waals surface area contributed by atoms with Crippen LogP contribution in [0.2, 0.25) is 0 Å². The van der Waals surface area contributed by atoms with E-state index in [1.807, 2.05) is 31.3 Å². The molecule has 4 amide bonds. The van der Waals surface area contributed by atoms with Gasteiger partial charge in [0.05, 0.1) is 0 Å². The standard InChI is InChI=1S/C22H22N4O4.C2HF3O2/c1-23-11-13-5-7-14(8-6-13)24-20(28)15-3-2-4-16-17(15)12-26(22(16)30)18-9-10-19(27)25-21(18)29;3-2(4,5)1(6)7/h2-8,18,23H,9-12H2,1H3,(H,24,28)(H,25,27,29);(H,6,7). The van der Waals surface area contributed by atoms with Crippen molar-refractivity contribution in [1.29, 1.82) is 0 Å². The minimum atomic E-state index is -5.08. The fourth-order valence-corrected chi connectivity index (χ4v) is 3.91. The molecule has 196 valence electrons. The molecule has 4 N–H and O–H groups in total. The lowest BCUT2D eigenvalue weighted by molar-refractivity contribution is -0.192. The van der Waals surface area contributed by atoms with Gasteiger partial charge < -0.3 is 20.6 Å². The number of hydrogen-bond acceptors (Lipinski definition) is 6. The second-order valence-electron chi connectivity index (χ2n) is 8.22. The highest BCUT2D eigenvalue weighted by atomic mass is 19.4. The number of imide groups is 1. The highest BCUT2D eigenvalue weighted by Gasteiger charge is 2.40. The van der Waals surface area contributed by atoms with E-state index in [1.54, 1.807) is 18.2 Å². The van der Waals surface area contributed by atoms with Gasteiger partial charge >= 0.3 is 12.1 Å². The largest absolute Gasteiger partial charge is 0.490 e. The first-order chi connectivity index (χ1) is 17.4. The smallest absolute Gasteiger partial charge is 0.475 e. The van der Waals surface area contributed by atoms with Crippen LogP contribution in [0.1, 0.15) is 44.7 Å². The molecule has 2 aliphatic heterocycles. The number of nitrogens with one attached hydrogen (secondary N) is 3. The van der Waals surface area contributed by atoms with Crippen LogP contribution < -0.4 is 16.0 Å². The fraction of sp³-hybridized carbons (Fsp3) is 0.292. The molecule has 1 atom stereocenters. The van der Waals surface area contributed by atoms with Gasteiger partial charge in [0, 0.05) is 36.3 Å². The number of alkyl halides is 3. The maximum Gasteiger partial charge on any atom is 0.490 e. The molecule has 1 saturated heterocycles. The predicted octanol–water partition coefficient (Wildman–Crippen LogP) is 2.05. The molecule has 0 radical (unpaired) electrons. The summed E-state index contributed by atoms with van der Waals surface area (Å²) in [7, 11) is 1.87.